The third-order valence-electron chi connectivity index (χ3n) is 3.13. The van der Waals surface area contributed by atoms with E-state index in [1.54, 1.807) is 0 Å². The van der Waals surface area contributed by atoms with Gasteiger partial charge in [-0.1, -0.05) is 0 Å². The van der Waals surface area contributed by atoms with Gasteiger partial charge in [-0.25, -0.2) is 14.0 Å². The van der Waals surface area contributed by atoms with Gasteiger partial charge >= 0.3 is 12.0 Å². The first-order valence-corrected chi connectivity index (χ1v) is 6.24. The second-order valence-corrected chi connectivity index (χ2v) is 4.67. The highest BCUT2D eigenvalue weighted by molar-refractivity contribution is 5.91. The molecule has 1 saturated heterocycles. The van der Waals surface area contributed by atoms with Crippen LogP contribution < -0.4 is 5.32 Å². The molecule has 0 spiro atoms. The van der Waals surface area contributed by atoms with E-state index in [4.69, 9.17) is 5.11 Å². The molecule has 0 radical (unpaired) electrons. The summed E-state index contributed by atoms with van der Waals surface area (Å²) in [4.78, 5) is 24.0. The third kappa shape index (κ3) is 3.24. The van der Waals surface area contributed by atoms with Crippen molar-refractivity contribution in [3.8, 4) is 0 Å². The molecule has 108 valence electrons. The number of carboxylic acids is 1. The van der Waals surface area contributed by atoms with Crippen LogP contribution in [0.15, 0.2) is 18.2 Å². The van der Waals surface area contributed by atoms with Crippen LogP contribution >= 0.6 is 0 Å². The number of anilines is 1. The van der Waals surface area contributed by atoms with Crippen LogP contribution in [0.1, 0.15) is 23.2 Å². The fraction of sp³-hybridized carbons (Fsp3) is 0.385. The molecular weight excluding hydrogens is 267 g/mol. The van der Waals surface area contributed by atoms with E-state index in [1.807, 2.05) is 0 Å². The van der Waals surface area contributed by atoms with Crippen LogP contribution in [0, 0.1) is 5.82 Å². The highest BCUT2D eigenvalue weighted by Gasteiger charge is 2.22. The lowest BCUT2D eigenvalue weighted by atomic mass is 10.1. The van der Waals surface area contributed by atoms with E-state index in [0.29, 0.717) is 19.4 Å². The van der Waals surface area contributed by atoms with E-state index >= 15 is 0 Å². The number of carboxylic acid groups (broad SMARTS) is 1. The van der Waals surface area contributed by atoms with Gasteiger partial charge in [-0.15, -0.1) is 0 Å². The van der Waals surface area contributed by atoms with Gasteiger partial charge < -0.3 is 20.4 Å². The zero-order valence-electron chi connectivity index (χ0n) is 10.7. The molecule has 0 saturated carbocycles. The van der Waals surface area contributed by atoms with Crippen LogP contribution in [0.25, 0.3) is 0 Å². The highest BCUT2D eigenvalue weighted by atomic mass is 19.1. The van der Waals surface area contributed by atoms with Crippen molar-refractivity contribution in [2.75, 3.05) is 18.4 Å². The molecule has 0 bridgehead atoms. The number of urea groups is 1. The number of aromatic carboxylic acids is 1. The molecule has 2 rings (SSSR count). The number of hydrogen-bond donors (Lipinski definition) is 3. The molecule has 6 nitrogen and oxygen atoms in total. The molecule has 2 amide bonds. The number of aliphatic hydroxyl groups is 1. The Bertz CT molecular complexity index is 535. The van der Waals surface area contributed by atoms with Crippen molar-refractivity contribution < 1.29 is 24.2 Å². The first-order valence-electron chi connectivity index (χ1n) is 6.24. The summed E-state index contributed by atoms with van der Waals surface area (Å²) in [7, 11) is 0. The molecule has 1 fully saturated rings. The molecule has 1 aromatic carbocycles. The van der Waals surface area contributed by atoms with Crippen molar-refractivity contribution in [1.29, 1.82) is 0 Å². The van der Waals surface area contributed by atoms with Crippen LogP contribution in [0.5, 0.6) is 0 Å². The van der Waals surface area contributed by atoms with Crippen LogP contribution in [0.4, 0.5) is 14.9 Å². The summed E-state index contributed by atoms with van der Waals surface area (Å²) in [5.41, 5.74) is -0.269. The Morgan fingerprint density at radius 3 is 2.75 bits per heavy atom. The van der Waals surface area contributed by atoms with Crippen LogP contribution in [-0.2, 0) is 0 Å². The number of halogens is 1. The summed E-state index contributed by atoms with van der Waals surface area (Å²) < 4.78 is 13.5. The number of nitrogens with zero attached hydrogens (tertiary/aromatic N) is 1. The third-order valence-corrected chi connectivity index (χ3v) is 3.13. The summed E-state index contributed by atoms with van der Waals surface area (Å²) in [6, 6.07) is 2.94. The molecule has 1 heterocycles. The first kappa shape index (κ1) is 14.3. The molecule has 1 aliphatic rings. The maximum absolute atomic E-state index is 13.5. The second-order valence-electron chi connectivity index (χ2n) is 4.67. The molecule has 1 atom stereocenters. The van der Waals surface area contributed by atoms with Gasteiger partial charge in [-0.05, 0) is 31.0 Å². The Hall–Kier alpha value is -2.15. The number of nitrogens with one attached hydrogen (secondary N) is 1. The molecule has 0 aromatic heterocycles. The second kappa shape index (κ2) is 5.87. The maximum atomic E-state index is 13.5. The first-order chi connectivity index (χ1) is 9.47. The minimum Gasteiger partial charge on any atom is -0.478 e. The predicted octanol–water partition coefficient (Wildman–Crippen LogP) is 1.51. The van der Waals surface area contributed by atoms with Crippen molar-refractivity contribution >= 4 is 17.7 Å². The Morgan fingerprint density at radius 2 is 2.15 bits per heavy atom. The average Bonchev–Trinajstić information content (AvgIpc) is 2.38. The Kier molecular flexibility index (Phi) is 4.19. The number of likely N-dealkylation sites (tertiary alicyclic amines) is 1. The molecular formula is C13H15FN2O4. The fourth-order valence-electron chi connectivity index (χ4n) is 2.11. The summed E-state index contributed by atoms with van der Waals surface area (Å²) >= 11 is 0. The van der Waals surface area contributed by atoms with Crippen molar-refractivity contribution in [1.82, 2.24) is 4.90 Å². The van der Waals surface area contributed by atoms with Crippen molar-refractivity contribution in [3.05, 3.63) is 29.6 Å². The van der Waals surface area contributed by atoms with Crippen molar-refractivity contribution in [2.45, 2.75) is 18.9 Å². The number of piperidine rings is 1. The summed E-state index contributed by atoms with van der Waals surface area (Å²) in [6.07, 6.45) is 0.827. The smallest absolute Gasteiger partial charge is 0.338 e. The van der Waals surface area contributed by atoms with Gasteiger partial charge in [0.2, 0.25) is 0 Å². The predicted molar refractivity (Wildman–Crippen MR) is 69.2 cm³/mol. The van der Waals surface area contributed by atoms with Crippen LogP contribution in [0.3, 0.4) is 0 Å². The number of β-amino-alcohol motifs (C(OH)–C–C–N with tert-alkyl or cyclic N) is 1. The zero-order valence-corrected chi connectivity index (χ0v) is 10.7. The minimum absolute atomic E-state index is 0.178. The van der Waals surface area contributed by atoms with Gasteiger partial charge in [0, 0.05) is 18.8 Å². The molecule has 0 aliphatic carbocycles. The number of rotatable bonds is 2. The van der Waals surface area contributed by atoms with Gasteiger partial charge in [0.05, 0.1) is 11.7 Å². The summed E-state index contributed by atoms with van der Waals surface area (Å²) in [6.45, 7) is 0.764. The molecule has 3 N–H and O–H groups in total. The number of aliphatic hydroxyl groups excluding tert-OH is 1. The van der Waals surface area contributed by atoms with Gasteiger partial charge in [-0.3, -0.25) is 0 Å². The standard InChI is InChI=1S/C13H15FN2O4/c14-11-6-8(3-4-10(11)12(18)19)15-13(20)16-5-1-2-9(17)7-16/h3-4,6,9,17H,1-2,5,7H2,(H,15,20)(H,18,19). The number of carbonyl (C=O) groups excluding carboxylic acids is 1. The van der Waals surface area contributed by atoms with Gasteiger partial charge in [0.25, 0.3) is 0 Å². The number of hydrogen-bond acceptors (Lipinski definition) is 3. The normalized spacial score (nSPS) is 18.7. The molecule has 1 unspecified atom stereocenters. The van der Waals surface area contributed by atoms with E-state index in [1.165, 1.54) is 11.0 Å². The largest absolute Gasteiger partial charge is 0.478 e. The SMILES string of the molecule is O=C(O)c1ccc(NC(=O)N2CCCC(O)C2)cc1F. The van der Waals surface area contributed by atoms with E-state index in [0.717, 1.165) is 12.1 Å². The monoisotopic (exact) mass is 282 g/mol. The molecule has 1 aromatic rings. The van der Waals surface area contributed by atoms with Gasteiger partial charge in [0.1, 0.15) is 5.82 Å². The lowest BCUT2D eigenvalue weighted by molar-refractivity contribution is 0.0692. The fourth-order valence-corrected chi connectivity index (χ4v) is 2.11. The number of benzene rings is 1. The maximum Gasteiger partial charge on any atom is 0.338 e. The Balaban J connectivity index is 2.04. The molecule has 1 aliphatic heterocycles. The van der Waals surface area contributed by atoms with Crippen molar-refractivity contribution in [2.24, 2.45) is 0 Å². The topological polar surface area (TPSA) is 89.9 Å². The quantitative estimate of drug-likeness (QED) is 0.767. The van der Waals surface area contributed by atoms with E-state index in [2.05, 4.69) is 5.32 Å². The lowest BCUT2D eigenvalue weighted by Gasteiger charge is -2.30. The van der Waals surface area contributed by atoms with Crippen LogP contribution in [-0.4, -0.2) is 46.3 Å². The van der Waals surface area contributed by atoms with Crippen LogP contribution in [0.2, 0.25) is 0 Å². The number of carbonyl (C=O) groups is 2. The average molecular weight is 282 g/mol. The Morgan fingerprint density at radius 1 is 1.40 bits per heavy atom. The molecule has 20 heavy (non-hydrogen) atoms. The highest BCUT2D eigenvalue weighted by Crippen LogP contribution is 2.16. The van der Waals surface area contributed by atoms with Crippen molar-refractivity contribution in [3.63, 3.8) is 0 Å². The van der Waals surface area contributed by atoms with E-state index < -0.39 is 29.5 Å². The van der Waals surface area contributed by atoms with Gasteiger partial charge in [-0.2, -0.15) is 0 Å². The number of amides is 2. The minimum atomic E-state index is -1.36. The molecule has 7 heteroatoms. The Labute approximate surface area is 114 Å². The summed E-state index contributed by atoms with van der Waals surface area (Å²) in [5.74, 6) is -2.27. The van der Waals surface area contributed by atoms with Gasteiger partial charge in [0.15, 0.2) is 0 Å². The zero-order chi connectivity index (χ0) is 14.7. The summed E-state index contributed by atoms with van der Waals surface area (Å²) in [5, 5.41) is 20.7. The van der Waals surface area contributed by atoms with E-state index in [9.17, 15) is 19.1 Å². The lowest BCUT2D eigenvalue weighted by Crippen LogP contribution is -2.44. The van der Waals surface area contributed by atoms with E-state index in [-0.39, 0.29) is 12.2 Å².